The highest BCUT2D eigenvalue weighted by molar-refractivity contribution is 5.95. The van der Waals surface area contributed by atoms with Crippen LogP contribution in [0.3, 0.4) is 0 Å². The summed E-state index contributed by atoms with van der Waals surface area (Å²) in [6.45, 7) is 2.80. The van der Waals surface area contributed by atoms with Crippen LogP contribution in [0.2, 0.25) is 0 Å². The number of hydrogen-bond donors (Lipinski definition) is 1. The number of amides is 1. The minimum absolute atomic E-state index is 0.0386. The van der Waals surface area contributed by atoms with E-state index in [2.05, 4.69) is 10.3 Å². The molecule has 2 fully saturated rings. The Morgan fingerprint density at radius 2 is 2.15 bits per heavy atom. The van der Waals surface area contributed by atoms with E-state index in [4.69, 9.17) is 9.47 Å². The molecule has 1 saturated heterocycles. The van der Waals surface area contributed by atoms with Crippen molar-refractivity contribution in [3.8, 4) is 11.5 Å². The molecule has 1 aliphatic carbocycles. The standard InChI is InChI=1S/C20H24N4O3/c1-23-9-8-22-18(23)12-24(17-11-20(17)4-6-21-7-5-20)19(25)14-2-3-15-16(10-14)27-13-26-15/h2-3,8-10,17,21H,4-7,11-13H2,1H3. The van der Waals surface area contributed by atoms with Crippen molar-refractivity contribution in [2.24, 2.45) is 12.5 Å². The lowest BCUT2D eigenvalue weighted by Crippen LogP contribution is -2.39. The van der Waals surface area contributed by atoms with Crippen LogP contribution in [0.25, 0.3) is 0 Å². The molecular weight excluding hydrogens is 344 g/mol. The second kappa shape index (κ2) is 6.27. The van der Waals surface area contributed by atoms with Crippen molar-refractivity contribution in [2.75, 3.05) is 19.9 Å². The van der Waals surface area contributed by atoms with Crippen LogP contribution in [-0.2, 0) is 13.6 Å². The second-order valence-electron chi connectivity index (χ2n) is 7.79. The van der Waals surface area contributed by atoms with Crippen molar-refractivity contribution < 1.29 is 14.3 Å². The van der Waals surface area contributed by atoms with Crippen molar-refractivity contribution in [3.05, 3.63) is 42.0 Å². The van der Waals surface area contributed by atoms with Gasteiger partial charge in [-0.1, -0.05) is 0 Å². The van der Waals surface area contributed by atoms with Gasteiger partial charge in [-0.3, -0.25) is 4.79 Å². The van der Waals surface area contributed by atoms with Gasteiger partial charge in [0.25, 0.3) is 5.91 Å². The first-order valence-electron chi connectivity index (χ1n) is 9.54. The number of aromatic nitrogens is 2. The fourth-order valence-corrected chi connectivity index (χ4v) is 4.45. The molecule has 3 aliphatic rings. The molecule has 7 heteroatoms. The van der Waals surface area contributed by atoms with Crippen LogP contribution in [-0.4, -0.2) is 46.3 Å². The van der Waals surface area contributed by atoms with Gasteiger partial charge in [0, 0.05) is 31.0 Å². The molecule has 142 valence electrons. The van der Waals surface area contributed by atoms with E-state index in [1.54, 1.807) is 12.3 Å². The Bertz CT molecular complexity index is 872. The van der Waals surface area contributed by atoms with E-state index in [1.165, 1.54) is 0 Å². The number of nitrogens with one attached hydrogen (secondary N) is 1. The number of imidazole rings is 1. The van der Waals surface area contributed by atoms with Crippen LogP contribution >= 0.6 is 0 Å². The van der Waals surface area contributed by atoms with Gasteiger partial charge < -0.3 is 24.3 Å². The van der Waals surface area contributed by atoms with Gasteiger partial charge in [0.2, 0.25) is 6.79 Å². The number of carbonyl (C=O) groups is 1. The van der Waals surface area contributed by atoms with E-state index in [0.717, 1.165) is 38.2 Å². The Kier molecular flexibility index (Phi) is 3.86. The zero-order valence-electron chi connectivity index (χ0n) is 15.5. The molecule has 7 nitrogen and oxygen atoms in total. The third kappa shape index (κ3) is 2.86. The lowest BCUT2D eigenvalue weighted by atomic mass is 9.93. The monoisotopic (exact) mass is 368 g/mol. The summed E-state index contributed by atoms with van der Waals surface area (Å²) < 4.78 is 12.8. The van der Waals surface area contributed by atoms with Gasteiger partial charge in [-0.25, -0.2) is 4.98 Å². The average Bonchev–Trinajstić information content (AvgIpc) is 3.02. The molecule has 2 aliphatic heterocycles. The van der Waals surface area contributed by atoms with E-state index < -0.39 is 0 Å². The summed E-state index contributed by atoms with van der Waals surface area (Å²) in [4.78, 5) is 19.9. The van der Waals surface area contributed by atoms with Gasteiger partial charge in [0.05, 0.1) is 6.54 Å². The molecule has 1 spiro atoms. The molecule has 3 heterocycles. The van der Waals surface area contributed by atoms with Crippen LogP contribution in [0.5, 0.6) is 11.5 Å². The van der Waals surface area contributed by atoms with Crippen molar-refractivity contribution in [1.29, 1.82) is 0 Å². The van der Waals surface area contributed by atoms with Crippen LogP contribution in [0.1, 0.15) is 35.4 Å². The summed E-state index contributed by atoms with van der Waals surface area (Å²) in [6.07, 6.45) is 7.04. The number of ether oxygens (including phenoxy) is 2. The molecule has 1 unspecified atom stereocenters. The smallest absolute Gasteiger partial charge is 0.254 e. The number of benzene rings is 1. The lowest BCUT2D eigenvalue weighted by molar-refractivity contribution is 0.0685. The summed E-state index contributed by atoms with van der Waals surface area (Å²) >= 11 is 0. The Hall–Kier alpha value is -2.54. The minimum Gasteiger partial charge on any atom is -0.454 e. The fourth-order valence-electron chi connectivity index (χ4n) is 4.45. The number of nitrogens with zero attached hydrogens (tertiary/aromatic N) is 3. The largest absolute Gasteiger partial charge is 0.454 e. The maximum atomic E-state index is 13.5. The highest BCUT2D eigenvalue weighted by atomic mass is 16.7. The van der Waals surface area contributed by atoms with Crippen molar-refractivity contribution in [1.82, 2.24) is 19.8 Å². The highest BCUT2D eigenvalue weighted by Gasteiger charge is 2.58. The molecule has 1 aromatic carbocycles. The zero-order chi connectivity index (χ0) is 18.4. The first kappa shape index (κ1) is 16.6. The van der Waals surface area contributed by atoms with Crippen molar-refractivity contribution in [2.45, 2.75) is 31.8 Å². The van der Waals surface area contributed by atoms with Crippen LogP contribution < -0.4 is 14.8 Å². The van der Waals surface area contributed by atoms with Gasteiger partial charge in [0.15, 0.2) is 11.5 Å². The summed E-state index contributed by atoms with van der Waals surface area (Å²) in [7, 11) is 1.97. The quantitative estimate of drug-likeness (QED) is 0.893. The first-order valence-corrected chi connectivity index (χ1v) is 9.54. The molecule has 5 rings (SSSR count). The van der Waals surface area contributed by atoms with Gasteiger partial charge in [0.1, 0.15) is 5.82 Å². The molecule has 1 amide bonds. The number of rotatable bonds is 4. The molecular formula is C20H24N4O3. The zero-order valence-corrected chi connectivity index (χ0v) is 15.5. The Labute approximate surface area is 158 Å². The fraction of sp³-hybridized carbons (Fsp3) is 0.500. The van der Waals surface area contributed by atoms with Crippen molar-refractivity contribution >= 4 is 5.91 Å². The summed E-state index contributed by atoms with van der Waals surface area (Å²) in [5.74, 6) is 2.28. The third-order valence-corrected chi connectivity index (χ3v) is 6.24. The van der Waals surface area contributed by atoms with Crippen LogP contribution in [0, 0.1) is 5.41 Å². The molecule has 1 N–H and O–H groups in total. The Morgan fingerprint density at radius 3 is 2.93 bits per heavy atom. The SMILES string of the molecule is Cn1ccnc1CN(C(=O)c1ccc2c(c1)OCO2)C1CC12CCNCC2. The summed E-state index contributed by atoms with van der Waals surface area (Å²) in [6, 6.07) is 5.72. The summed E-state index contributed by atoms with van der Waals surface area (Å²) in [5.41, 5.74) is 0.909. The third-order valence-electron chi connectivity index (χ3n) is 6.24. The maximum absolute atomic E-state index is 13.5. The molecule has 1 aromatic heterocycles. The number of aryl methyl sites for hydroxylation is 1. The minimum atomic E-state index is 0.0386. The van der Waals surface area contributed by atoms with E-state index in [-0.39, 0.29) is 24.2 Å². The summed E-state index contributed by atoms with van der Waals surface area (Å²) in [5, 5.41) is 3.43. The van der Waals surface area contributed by atoms with Crippen LogP contribution in [0.15, 0.2) is 30.6 Å². The first-order chi connectivity index (χ1) is 13.2. The van der Waals surface area contributed by atoms with Crippen LogP contribution in [0.4, 0.5) is 0 Å². The normalized spacial score (nSPS) is 22.0. The molecule has 1 atom stereocenters. The molecule has 27 heavy (non-hydrogen) atoms. The molecule has 0 radical (unpaired) electrons. The van der Waals surface area contributed by atoms with Crippen molar-refractivity contribution in [3.63, 3.8) is 0 Å². The molecule has 2 aromatic rings. The predicted molar refractivity (Wildman–Crippen MR) is 98.6 cm³/mol. The van der Waals surface area contributed by atoms with Gasteiger partial charge >= 0.3 is 0 Å². The molecule has 1 saturated carbocycles. The van der Waals surface area contributed by atoms with E-state index >= 15 is 0 Å². The average molecular weight is 368 g/mol. The van der Waals surface area contributed by atoms with E-state index in [9.17, 15) is 4.79 Å². The molecule has 0 bridgehead atoms. The lowest BCUT2D eigenvalue weighted by Gasteiger charge is -2.29. The highest BCUT2D eigenvalue weighted by Crippen LogP contribution is 2.56. The number of piperidine rings is 1. The topological polar surface area (TPSA) is 68.6 Å². The van der Waals surface area contributed by atoms with Gasteiger partial charge in [-0.2, -0.15) is 0 Å². The van der Waals surface area contributed by atoms with Gasteiger partial charge in [-0.15, -0.1) is 0 Å². The van der Waals surface area contributed by atoms with E-state index in [0.29, 0.717) is 23.6 Å². The predicted octanol–water partition coefficient (Wildman–Crippen LogP) is 1.93. The maximum Gasteiger partial charge on any atom is 0.254 e. The van der Waals surface area contributed by atoms with E-state index in [1.807, 2.05) is 34.8 Å². The Balaban J connectivity index is 1.44. The van der Waals surface area contributed by atoms with Gasteiger partial charge in [-0.05, 0) is 56.0 Å². The number of fused-ring (bicyclic) bond motifs is 1. The second-order valence-corrected chi connectivity index (χ2v) is 7.79. The number of carbonyl (C=O) groups excluding carboxylic acids is 1. The Morgan fingerprint density at radius 1 is 1.33 bits per heavy atom. The number of hydrogen-bond acceptors (Lipinski definition) is 5.